The second-order valence-corrected chi connectivity index (χ2v) is 9.31. The van der Waals surface area contributed by atoms with Crippen molar-refractivity contribution < 1.29 is 22.8 Å². The molecule has 1 fully saturated rings. The number of nitrogens with one attached hydrogen (secondary N) is 4. The van der Waals surface area contributed by atoms with Crippen molar-refractivity contribution in [2.75, 3.05) is 6.54 Å². The van der Waals surface area contributed by atoms with Gasteiger partial charge < -0.3 is 5.32 Å². The zero-order valence-corrected chi connectivity index (χ0v) is 18.3. The molecule has 0 unspecified atom stereocenters. The number of carbonyl (C=O) groups is 3. The minimum absolute atomic E-state index is 0.0578. The zero-order chi connectivity index (χ0) is 23.0. The van der Waals surface area contributed by atoms with Gasteiger partial charge in [-0.15, -0.1) is 0 Å². The molecular formula is C22H26N4O5S. The number of amides is 3. The van der Waals surface area contributed by atoms with Gasteiger partial charge in [0.2, 0.25) is 15.9 Å². The molecule has 0 radical (unpaired) electrons. The van der Waals surface area contributed by atoms with Crippen molar-refractivity contribution >= 4 is 27.7 Å². The molecule has 2 aromatic rings. The molecule has 9 nitrogen and oxygen atoms in total. The molecule has 1 aliphatic rings. The Hall–Kier alpha value is -3.24. The number of hydrogen-bond donors (Lipinski definition) is 4. The standard InChI is InChI=1S/C22H26N4O5S/c27-20(15-23-21(28)17-9-4-5-10-17)25-26-22(29)18-11-6-12-19(13-18)32(30,31)24-14-16-7-2-1-3-8-16/h1-3,6-8,11-13,17,24H,4-5,9-10,14-15H2,(H,23,28)(H,25,27)(H,26,29). The monoisotopic (exact) mass is 458 g/mol. The molecule has 0 spiro atoms. The highest BCUT2D eigenvalue weighted by Crippen LogP contribution is 2.24. The fraction of sp³-hybridized carbons (Fsp3) is 0.318. The van der Waals surface area contributed by atoms with E-state index in [4.69, 9.17) is 0 Å². The van der Waals surface area contributed by atoms with E-state index in [1.165, 1.54) is 24.3 Å². The highest BCUT2D eigenvalue weighted by Gasteiger charge is 2.23. The van der Waals surface area contributed by atoms with Crippen molar-refractivity contribution in [1.82, 2.24) is 20.9 Å². The molecule has 0 saturated heterocycles. The van der Waals surface area contributed by atoms with Gasteiger partial charge in [0.05, 0.1) is 11.4 Å². The summed E-state index contributed by atoms with van der Waals surface area (Å²) >= 11 is 0. The second kappa shape index (κ2) is 10.9. The molecule has 32 heavy (non-hydrogen) atoms. The summed E-state index contributed by atoms with van der Waals surface area (Å²) in [4.78, 5) is 36.1. The van der Waals surface area contributed by atoms with E-state index in [9.17, 15) is 22.8 Å². The second-order valence-electron chi connectivity index (χ2n) is 7.54. The minimum atomic E-state index is -3.84. The maximum absolute atomic E-state index is 12.6. The quantitative estimate of drug-likeness (QED) is 0.442. The number of sulfonamides is 1. The van der Waals surface area contributed by atoms with Crippen LogP contribution in [-0.2, 0) is 26.2 Å². The van der Waals surface area contributed by atoms with Crippen LogP contribution in [0.25, 0.3) is 0 Å². The van der Waals surface area contributed by atoms with Gasteiger partial charge in [0.15, 0.2) is 0 Å². The Balaban J connectivity index is 1.50. The van der Waals surface area contributed by atoms with Crippen LogP contribution in [0.2, 0.25) is 0 Å². The summed E-state index contributed by atoms with van der Waals surface area (Å²) < 4.78 is 27.6. The third-order valence-corrected chi connectivity index (χ3v) is 6.58. The normalized spacial score (nSPS) is 14.0. The molecule has 10 heteroatoms. The molecule has 1 saturated carbocycles. The lowest BCUT2D eigenvalue weighted by molar-refractivity contribution is -0.128. The predicted molar refractivity (Wildman–Crippen MR) is 117 cm³/mol. The van der Waals surface area contributed by atoms with Crippen LogP contribution in [0, 0.1) is 5.92 Å². The zero-order valence-electron chi connectivity index (χ0n) is 17.5. The lowest BCUT2D eigenvalue weighted by Crippen LogP contribution is -2.47. The third-order valence-electron chi connectivity index (χ3n) is 5.18. The van der Waals surface area contributed by atoms with E-state index in [1.54, 1.807) is 12.1 Å². The van der Waals surface area contributed by atoms with Gasteiger partial charge in [0, 0.05) is 18.0 Å². The van der Waals surface area contributed by atoms with E-state index < -0.39 is 21.8 Å². The van der Waals surface area contributed by atoms with E-state index in [0.717, 1.165) is 31.2 Å². The van der Waals surface area contributed by atoms with E-state index >= 15 is 0 Å². The first kappa shape index (κ1) is 23.4. The van der Waals surface area contributed by atoms with E-state index in [-0.39, 0.29) is 35.4 Å². The molecular weight excluding hydrogens is 432 g/mol. The van der Waals surface area contributed by atoms with Crippen LogP contribution >= 0.6 is 0 Å². The summed E-state index contributed by atoms with van der Waals surface area (Å²) in [6.45, 7) is -0.143. The SMILES string of the molecule is O=C(CNC(=O)C1CCCC1)NNC(=O)c1cccc(S(=O)(=O)NCc2ccccc2)c1. The fourth-order valence-electron chi connectivity index (χ4n) is 3.40. The third kappa shape index (κ3) is 6.63. The number of rotatable bonds is 8. The van der Waals surface area contributed by atoms with Gasteiger partial charge in [0.25, 0.3) is 11.8 Å². The lowest BCUT2D eigenvalue weighted by Gasteiger charge is -2.12. The van der Waals surface area contributed by atoms with Crippen molar-refractivity contribution in [2.24, 2.45) is 5.92 Å². The maximum atomic E-state index is 12.6. The summed E-state index contributed by atoms with van der Waals surface area (Å²) in [6, 6.07) is 14.5. The first-order chi connectivity index (χ1) is 15.3. The van der Waals surface area contributed by atoms with Crippen molar-refractivity contribution in [3.8, 4) is 0 Å². The molecule has 0 aliphatic heterocycles. The molecule has 0 aromatic heterocycles. The van der Waals surface area contributed by atoms with Crippen LogP contribution in [0.15, 0.2) is 59.5 Å². The van der Waals surface area contributed by atoms with Gasteiger partial charge in [-0.25, -0.2) is 13.1 Å². The van der Waals surface area contributed by atoms with Gasteiger partial charge in [-0.05, 0) is 36.6 Å². The largest absolute Gasteiger partial charge is 0.347 e. The summed E-state index contributed by atoms with van der Waals surface area (Å²) in [5.41, 5.74) is 5.29. The van der Waals surface area contributed by atoms with Gasteiger partial charge in [-0.1, -0.05) is 49.2 Å². The van der Waals surface area contributed by atoms with Gasteiger partial charge in [0.1, 0.15) is 0 Å². The first-order valence-corrected chi connectivity index (χ1v) is 11.8. The average molecular weight is 459 g/mol. The van der Waals surface area contributed by atoms with Crippen LogP contribution in [0.3, 0.4) is 0 Å². The first-order valence-electron chi connectivity index (χ1n) is 10.4. The van der Waals surface area contributed by atoms with Crippen LogP contribution in [0.4, 0.5) is 0 Å². The molecule has 4 N–H and O–H groups in total. The molecule has 0 bridgehead atoms. The number of benzene rings is 2. The van der Waals surface area contributed by atoms with Gasteiger partial charge in [-0.2, -0.15) is 0 Å². The molecule has 3 rings (SSSR count). The Morgan fingerprint density at radius 1 is 0.906 bits per heavy atom. The average Bonchev–Trinajstić information content (AvgIpc) is 3.35. The Labute approximate surface area is 187 Å². The van der Waals surface area contributed by atoms with E-state index in [1.807, 2.05) is 18.2 Å². The molecule has 0 heterocycles. The van der Waals surface area contributed by atoms with Crippen LogP contribution in [-0.4, -0.2) is 32.7 Å². The summed E-state index contributed by atoms with van der Waals surface area (Å²) in [5.74, 6) is -1.49. The highest BCUT2D eigenvalue weighted by atomic mass is 32.2. The highest BCUT2D eigenvalue weighted by molar-refractivity contribution is 7.89. The number of hydrazine groups is 1. The van der Waals surface area contributed by atoms with E-state index in [0.29, 0.717) is 0 Å². The Kier molecular flexibility index (Phi) is 7.96. The maximum Gasteiger partial charge on any atom is 0.269 e. The van der Waals surface area contributed by atoms with Crippen LogP contribution in [0.1, 0.15) is 41.6 Å². The van der Waals surface area contributed by atoms with Crippen LogP contribution < -0.4 is 20.9 Å². The number of hydrogen-bond acceptors (Lipinski definition) is 5. The topological polar surface area (TPSA) is 133 Å². The molecule has 0 atom stereocenters. The van der Waals surface area contributed by atoms with Gasteiger partial charge in [-0.3, -0.25) is 25.2 Å². The van der Waals surface area contributed by atoms with Gasteiger partial charge >= 0.3 is 0 Å². The van der Waals surface area contributed by atoms with E-state index in [2.05, 4.69) is 20.9 Å². The summed E-state index contributed by atoms with van der Waals surface area (Å²) in [5, 5.41) is 2.55. The molecule has 1 aliphatic carbocycles. The Morgan fingerprint density at radius 2 is 1.62 bits per heavy atom. The minimum Gasteiger partial charge on any atom is -0.347 e. The smallest absolute Gasteiger partial charge is 0.269 e. The van der Waals surface area contributed by atoms with Crippen molar-refractivity contribution in [3.63, 3.8) is 0 Å². The van der Waals surface area contributed by atoms with Crippen LogP contribution in [0.5, 0.6) is 0 Å². The van der Waals surface area contributed by atoms with Crippen molar-refractivity contribution in [1.29, 1.82) is 0 Å². The molecule has 2 aromatic carbocycles. The van der Waals surface area contributed by atoms with Crippen molar-refractivity contribution in [2.45, 2.75) is 37.1 Å². The molecule has 170 valence electrons. The fourth-order valence-corrected chi connectivity index (χ4v) is 4.47. The summed E-state index contributed by atoms with van der Waals surface area (Å²) in [7, 11) is -3.84. The lowest BCUT2D eigenvalue weighted by atomic mass is 10.1. The van der Waals surface area contributed by atoms with Crippen molar-refractivity contribution in [3.05, 3.63) is 65.7 Å². The summed E-state index contributed by atoms with van der Waals surface area (Å²) in [6.07, 6.45) is 3.67. The molecule has 3 amide bonds. The number of carbonyl (C=O) groups excluding carboxylic acids is 3. The predicted octanol–water partition coefficient (Wildman–Crippen LogP) is 1.23. The Morgan fingerprint density at radius 3 is 2.34 bits per heavy atom. The Bertz CT molecular complexity index is 1070.